The van der Waals surface area contributed by atoms with Gasteiger partial charge in [-0.15, -0.1) is 10.2 Å². The second-order valence-electron chi connectivity index (χ2n) is 4.83. The number of rotatable bonds is 5. The molecule has 0 aliphatic rings. The average molecular weight is 337 g/mol. The molecule has 25 heavy (non-hydrogen) atoms. The minimum absolute atomic E-state index is 0.139. The van der Waals surface area contributed by atoms with Gasteiger partial charge in [0.1, 0.15) is 12.7 Å². The summed E-state index contributed by atoms with van der Waals surface area (Å²) < 4.78 is 6.49. The van der Waals surface area contributed by atoms with Crippen molar-refractivity contribution >= 4 is 17.9 Å². The molecule has 0 amide bonds. The van der Waals surface area contributed by atoms with Gasteiger partial charge in [0.05, 0.1) is 16.7 Å². The highest BCUT2D eigenvalue weighted by atomic mass is 16.6. The van der Waals surface area contributed by atoms with Crippen molar-refractivity contribution in [1.29, 1.82) is 0 Å². The molecule has 3 rings (SSSR count). The summed E-state index contributed by atoms with van der Waals surface area (Å²) in [6.07, 6.45) is 4.15. The molecule has 0 unspecified atom stereocenters. The Balaban J connectivity index is 1.84. The number of esters is 1. The lowest BCUT2D eigenvalue weighted by molar-refractivity contribution is -0.385. The first-order valence-corrected chi connectivity index (χ1v) is 7.08. The number of carbonyl (C=O) groups is 1. The van der Waals surface area contributed by atoms with E-state index in [4.69, 9.17) is 4.74 Å². The molecule has 0 aliphatic carbocycles. The Morgan fingerprint density at radius 1 is 1.16 bits per heavy atom. The number of ether oxygens (including phenoxy) is 1. The van der Waals surface area contributed by atoms with Gasteiger partial charge in [0, 0.05) is 11.6 Å². The van der Waals surface area contributed by atoms with Crippen molar-refractivity contribution in [2.45, 2.75) is 0 Å². The molecule has 0 aliphatic heterocycles. The van der Waals surface area contributed by atoms with Crippen molar-refractivity contribution < 1.29 is 14.5 Å². The van der Waals surface area contributed by atoms with Gasteiger partial charge in [0.15, 0.2) is 0 Å². The highest BCUT2D eigenvalue weighted by Crippen LogP contribution is 2.28. The summed E-state index contributed by atoms with van der Waals surface area (Å²) in [4.78, 5) is 22.7. The Morgan fingerprint density at radius 2 is 1.88 bits per heavy atom. The maximum absolute atomic E-state index is 12.1. The van der Waals surface area contributed by atoms with Crippen LogP contribution in [0.3, 0.4) is 0 Å². The molecule has 1 heterocycles. The zero-order valence-corrected chi connectivity index (χ0v) is 12.7. The molecule has 0 atom stereocenters. The molecule has 9 heteroatoms. The first-order valence-electron chi connectivity index (χ1n) is 7.08. The monoisotopic (exact) mass is 337 g/mol. The third-order valence-electron chi connectivity index (χ3n) is 3.14. The number of aromatic nitrogens is 3. The fraction of sp³-hybridized carbons (Fsp3) is 0. The van der Waals surface area contributed by atoms with Gasteiger partial charge in [-0.1, -0.05) is 18.2 Å². The van der Waals surface area contributed by atoms with Gasteiger partial charge in [0.25, 0.3) is 0 Å². The topological polar surface area (TPSA) is 113 Å². The van der Waals surface area contributed by atoms with Crippen LogP contribution in [0.15, 0.2) is 66.3 Å². The fourth-order valence-corrected chi connectivity index (χ4v) is 1.96. The van der Waals surface area contributed by atoms with Gasteiger partial charge in [-0.25, -0.2) is 9.47 Å². The third-order valence-corrected chi connectivity index (χ3v) is 3.14. The number of hydrogen-bond donors (Lipinski definition) is 0. The molecular weight excluding hydrogens is 326 g/mol. The van der Waals surface area contributed by atoms with Crippen LogP contribution in [0.5, 0.6) is 5.75 Å². The van der Waals surface area contributed by atoms with Crippen LogP contribution in [-0.2, 0) is 0 Å². The largest absolute Gasteiger partial charge is 0.416 e. The molecule has 0 fully saturated rings. The lowest BCUT2D eigenvalue weighted by Gasteiger charge is -2.05. The van der Waals surface area contributed by atoms with Crippen molar-refractivity contribution in [3.8, 4) is 5.75 Å². The zero-order chi connectivity index (χ0) is 17.6. The Kier molecular flexibility index (Phi) is 4.56. The summed E-state index contributed by atoms with van der Waals surface area (Å²) in [5.41, 5.74) is 0.423. The third kappa shape index (κ3) is 3.91. The first kappa shape index (κ1) is 16.0. The number of nitro groups is 1. The Bertz CT molecular complexity index is 923. The molecule has 0 spiro atoms. The number of benzene rings is 2. The minimum Gasteiger partial charge on any atom is -0.416 e. The molecular formula is C16H11N5O4. The standard InChI is InChI=1S/C16H11N5O4/c22-16(13-4-2-1-3-5-13)25-15-7-6-12(8-14(15)21(23)24)9-19-20-10-17-18-11-20/h1-11H. The fourth-order valence-electron chi connectivity index (χ4n) is 1.96. The summed E-state index contributed by atoms with van der Waals surface area (Å²) in [7, 11) is 0. The van der Waals surface area contributed by atoms with E-state index in [9.17, 15) is 14.9 Å². The van der Waals surface area contributed by atoms with Gasteiger partial charge < -0.3 is 4.74 Å². The second kappa shape index (κ2) is 7.13. The van der Waals surface area contributed by atoms with Crippen LogP contribution in [0.4, 0.5) is 5.69 Å². The van der Waals surface area contributed by atoms with Crippen molar-refractivity contribution in [3.05, 3.63) is 82.4 Å². The smallest absolute Gasteiger partial charge is 0.343 e. The molecule has 2 aromatic carbocycles. The molecule has 0 radical (unpaired) electrons. The van der Waals surface area contributed by atoms with E-state index >= 15 is 0 Å². The van der Waals surface area contributed by atoms with Crippen molar-refractivity contribution in [2.24, 2.45) is 5.10 Å². The molecule has 0 saturated heterocycles. The van der Waals surface area contributed by atoms with Crippen molar-refractivity contribution in [1.82, 2.24) is 14.9 Å². The Hall–Kier alpha value is -3.88. The maximum atomic E-state index is 12.1. The van der Waals surface area contributed by atoms with Gasteiger partial charge in [-0.05, 0) is 24.3 Å². The van der Waals surface area contributed by atoms with Gasteiger partial charge >= 0.3 is 11.7 Å². The van der Waals surface area contributed by atoms with E-state index in [1.807, 2.05) is 0 Å². The number of nitro benzene ring substituents is 1. The van der Waals surface area contributed by atoms with Gasteiger partial charge in [-0.3, -0.25) is 10.1 Å². The van der Waals surface area contributed by atoms with E-state index in [0.717, 1.165) is 0 Å². The lowest BCUT2D eigenvalue weighted by Crippen LogP contribution is -2.09. The van der Waals surface area contributed by atoms with Crippen LogP contribution < -0.4 is 4.74 Å². The minimum atomic E-state index is -0.672. The van der Waals surface area contributed by atoms with E-state index in [2.05, 4.69) is 15.3 Å². The Labute approximate surface area is 141 Å². The van der Waals surface area contributed by atoms with Crippen LogP contribution in [0.1, 0.15) is 15.9 Å². The van der Waals surface area contributed by atoms with E-state index in [0.29, 0.717) is 11.1 Å². The summed E-state index contributed by atoms with van der Waals surface area (Å²) in [6, 6.07) is 12.4. The van der Waals surface area contributed by atoms with Crippen LogP contribution in [0, 0.1) is 10.1 Å². The molecule has 9 nitrogen and oxygen atoms in total. The molecule has 124 valence electrons. The van der Waals surface area contributed by atoms with Crippen molar-refractivity contribution in [2.75, 3.05) is 0 Å². The molecule has 1 aromatic heterocycles. The summed E-state index contributed by atoms with van der Waals surface area (Å²) in [5.74, 6) is -0.810. The zero-order valence-electron chi connectivity index (χ0n) is 12.7. The molecule has 0 bridgehead atoms. The highest BCUT2D eigenvalue weighted by molar-refractivity contribution is 5.91. The lowest BCUT2D eigenvalue weighted by atomic mass is 10.2. The van der Waals surface area contributed by atoms with Crippen LogP contribution in [-0.4, -0.2) is 32.0 Å². The van der Waals surface area contributed by atoms with Crippen molar-refractivity contribution in [3.63, 3.8) is 0 Å². The van der Waals surface area contributed by atoms with E-state index < -0.39 is 10.9 Å². The maximum Gasteiger partial charge on any atom is 0.343 e. The molecule has 3 aromatic rings. The summed E-state index contributed by atoms with van der Waals surface area (Å²) in [6.45, 7) is 0. The molecule has 0 N–H and O–H groups in total. The van der Waals surface area contributed by atoms with E-state index in [1.54, 1.807) is 36.4 Å². The number of nitrogens with zero attached hydrogens (tertiary/aromatic N) is 5. The van der Waals surface area contributed by atoms with E-state index in [-0.39, 0.29) is 11.4 Å². The SMILES string of the molecule is O=C(Oc1ccc(C=Nn2cnnc2)cc1[N+](=O)[O-])c1ccccc1. The second-order valence-corrected chi connectivity index (χ2v) is 4.83. The van der Waals surface area contributed by atoms with Gasteiger partial charge in [-0.2, -0.15) is 5.10 Å². The summed E-state index contributed by atoms with van der Waals surface area (Å²) in [5, 5.41) is 22.5. The summed E-state index contributed by atoms with van der Waals surface area (Å²) >= 11 is 0. The molecule has 0 saturated carbocycles. The highest BCUT2D eigenvalue weighted by Gasteiger charge is 2.19. The van der Waals surface area contributed by atoms with Crippen LogP contribution in [0.25, 0.3) is 0 Å². The van der Waals surface area contributed by atoms with Gasteiger partial charge in [0.2, 0.25) is 5.75 Å². The predicted octanol–water partition coefficient (Wildman–Crippen LogP) is 2.29. The quantitative estimate of drug-likeness (QED) is 0.232. The Morgan fingerprint density at radius 3 is 2.56 bits per heavy atom. The number of carbonyl (C=O) groups excluding carboxylic acids is 1. The number of hydrogen-bond acceptors (Lipinski definition) is 7. The van der Waals surface area contributed by atoms with Crippen LogP contribution in [0.2, 0.25) is 0 Å². The predicted molar refractivity (Wildman–Crippen MR) is 87.5 cm³/mol. The average Bonchev–Trinajstić information content (AvgIpc) is 3.15. The first-order chi connectivity index (χ1) is 12.1. The van der Waals surface area contributed by atoms with Crippen LogP contribution >= 0.6 is 0 Å². The normalized spacial score (nSPS) is 10.7. The van der Waals surface area contributed by atoms with E-state index in [1.165, 1.54) is 35.7 Å².